The standard InChI is InChI=1S/C21H28N4O3/c1-4-27-18-8-7-17(14-16(18)2)15-23-21(22-3)25-11-9-24(10-12-25)20(26)19-6-5-13-28-19/h5-8,13-14H,4,9-12,15H2,1-3H3,(H,22,23). The van der Waals surface area contributed by atoms with Crippen LogP contribution < -0.4 is 10.1 Å². The fourth-order valence-electron chi connectivity index (χ4n) is 3.33. The molecule has 0 atom stereocenters. The molecule has 0 bridgehead atoms. The number of rotatable bonds is 5. The minimum atomic E-state index is -0.0579. The summed E-state index contributed by atoms with van der Waals surface area (Å²) in [6.07, 6.45) is 1.53. The Morgan fingerprint density at radius 1 is 1.21 bits per heavy atom. The SMILES string of the molecule is CCOc1ccc(CNC(=NC)N2CCN(C(=O)c3ccco3)CC2)cc1C. The van der Waals surface area contributed by atoms with Gasteiger partial charge in [0.15, 0.2) is 11.7 Å². The van der Waals surface area contributed by atoms with Crippen LogP contribution in [0.15, 0.2) is 46.0 Å². The Morgan fingerprint density at radius 3 is 2.57 bits per heavy atom. The minimum absolute atomic E-state index is 0.0579. The Labute approximate surface area is 166 Å². The first kappa shape index (κ1) is 19.8. The van der Waals surface area contributed by atoms with Crippen LogP contribution in [0.4, 0.5) is 0 Å². The van der Waals surface area contributed by atoms with Crippen LogP contribution >= 0.6 is 0 Å². The van der Waals surface area contributed by atoms with E-state index in [1.807, 2.05) is 17.9 Å². The van der Waals surface area contributed by atoms with Crippen LogP contribution in [-0.2, 0) is 6.54 Å². The molecule has 1 aromatic carbocycles. The molecule has 3 rings (SSSR count). The molecule has 1 amide bonds. The van der Waals surface area contributed by atoms with Gasteiger partial charge in [-0.1, -0.05) is 12.1 Å². The first-order valence-electron chi connectivity index (χ1n) is 9.63. The summed E-state index contributed by atoms with van der Waals surface area (Å²) >= 11 is 0. The second-order valence-electron chi connectivity index (χ2n) is 6.69. The highest BCUT2D eigenvalue weighted by atomic mass is 16.5. The van der Waals surface area contributed by atoms with Gasteiger partial charge in [-0.05, 0) is 43.2 Å². The molecule has 1 aromatic heterocycles. The third kappa shape index (κ3) is 4.65. The van der Waals surface area contributed by atoms with Crippen molar-refractivity contribution in [2.24, 2.45) is 4.99 Å². The number of carbonyl (C=O) groups excluding carboxylic acids is 1. The van der Waals surface area contributed by atoms with Crippen LogP contribution in [-0.4, -0.2) is 61.5 Å². The summed E-state index contributed by atoms with van der Waals surface area (Å²) in [7, 11) is 1.78. The van der Waals surface area contributed by atoms with Gasteiger partial charge >= 0.3 is 0 Å². The predicted octanol–water partition coefficient (Wildman–Crippen LogP) is 2.52. The van der Waals surface area contributed by atoms with E-state index in [9.17, 15) is 4.79 Å². The van der Waals surface area contributed by atoms with Crippen LogP contribution in [0.5, 0.6) is 5.75 Å². The Morgan fingerprint density at radius 2 is 1.96 bits per heavy atom. The van der Waals surface area contributed by atoms with E-state index >= 15 is 0 Å². The molecule has 2 aromatic rings. The summed E-state index contributed by atoms with van der Waals surface area (Å²) in [4.78, 5) is 20.8. The van der Waals surface area contributed by atoms with Gasteiger partial charge in [-0.15, -0.1) is 0 Å². The van der Waals surface area contributed by atoms with Crippen LogP contribution in [0.2, 0.25) is 0 Å². The molecule has 150 valence electrons. The number of hydrogen-bond donors (Lipinski definition) is 1. The zero-order valence-corrected chi connectivity index (χ0v) is 16.8. The third-order valence-electron chi connectivity index (χ3n) is 4.80. The molecule has 1 N–H and O–H groups in total. The molecule has 28 heavy (non-hydrogen) atoms. The van der Waals surface area contributed by atoms with E-state index in [4.69, 9.17) is 9.15 Å². The number of furan rings is 1. The predicted molar refractivity (Wildman–Crippen MR) is 109 cm³/mol. The number of nitrogens with zero attached hydrogens (tertiary/aromatic N) is 3. The number of ether oxygens (including phenoxy) is 1. The topological polar surface area (TPSA) is 70.3 Å². The molecule has 7 heteroatoms. The molecule has 0 spiro atoms. The van der Waals surface area contributed by atoms with Gasteiger partial charge in [0.2, 0.25) is 0 Å². The van der Waals surface area contributed by atoms with E-state index in [0.29, 0.717) is 32.0 Å². The maximum Gasteiger partial charge on any atom is 0.289 e. The highest BCUT2D eigenvalue weighted by molar-refractivity contribution is 5.91. The smallest absolute Gasteiger partial charge is 0.289 e. The minimum Gasteiger partial charge on any atom is -0.494 e. The van der Waals surface area contributed by atoms with Crippen molar-refractivity contribution in [2.45, 2.75) is 20.4 Å². The van der Waals surface area contributed by atoms with Gasteiger partial charge < -0.3 is 24.3 Å². The largest absolute Gasteiger partial charge is 0.494 e. The lowest BCUT2D eigenvalue weighted by atomic mass is 10.1. The van der Waals surface area contributed by atoms with E-state index in [1.165, 1.54) is 11.8 Å². The van der Waals surface area contributed by atoms with Gasteiger partial charge in [0.25, 0.3) is 5.91 Å². The van der Waals surface area contributed by atoms with Crippen molar-refractivity contribution in [3.63, 3.8) is 0 Å². The average Bonchev–Trinajstić information content (AvgIpc) is 3.25. The monoisotopic (exact) mass is 384 g/mol. The van der Waals surface area contributed by atoms with Gasteiger partial charge in [0, 0.05) is 39.8 Å². The second kappa shape index (κ2) is 9.30. The van der Waals surface area contributed by atoms with Crippen molar-refractivity contribution in [3.8, 4) is 5.75 Å². The van der Waals surface area contributed by atoms with Crippen molar-refractivity contribution in [1.29, 1.82) is 0 Å². The molecule has 1 saturated heterocycles. The second-order valence-corrected chi connectivity index (χ2v) is 6.69. The highest BCUT2D eigenvalue weighted by Crippen LogP contribution is 2.19. The fraction of sp³-hybridized carbons (Fsp3) is 0.429. The van der Waals surface area contributed by atoms with Crippen molar-refractivity contribution in [1.82, 2.24) is 15.1 Å². The van der Waals surface area contributed by atoms with Crippen LogP contribution in [0.25, 0.3) is 0 Å². The van der Waals surface area contributed by atoms with Crippen LogP contribution in [0, 0.1) is 6.92 Å². The Kier molecular flexibility index (Phi) is 6.57. The number of nitrogens with one attached hydrogen (secondary N) is 1. The maximum absolute atomic E-state index is 12.4. The summed E-state index contributed by atoms with van der Waals surface area (Å²) in [5.41, 5.74) is 2.30. The number of aryl methyl sites for hydroxylation is 1. The summed E-state index contributed by atoms with van der Waals surface area (Å²) in [6, 6.07) is 9.65. The van der Waals surface area contributed by atoms with Crippen molar-refractivity contribution in [2.75, 3.05) is 39.8 Å². The van der Waals surface area contributed by atoms with Gasteiger partial charge in [0.1, 0.15) is 5.75 Å². The number of benzene rings is 1. The summed E-state index contributed by atoms with van der Waals surface area (Å²) in [5, 5.41) is 3.42. The molecule has 0 aliphatic carbocycles. The Bertz CT molecular complexity index is 809. The molecule has 7 nitrogen and oxygen atoms in total. The normalized spacial score (nSPS) is 14.9. The number of carbonyl (C=O) groups is 1. The number of piperazine rings is 1. The highest BCUT2D eigenvalue weighted by Gasteiger charge is 2.25. The molecule has 2 heterocycles. The molecule has 0 unspecified atom stereocenters. The van der Waals surface area contributed by atoms with E-state index in [2.05, 4.69) is 34.3 Å². The lowest BCUT2D eigenvalue weighted by Crippen LogP contribution is -2.53. The summed E-state index contributed by atoms with van der Waals surface area (Å²) in [6.45, 7) is 8.14. The number of guanidine groups is 1. The zero-order valence-electron chi connectivity index (χ0n) is 16.8. The first-order chi connectivity index (χ1) is 13.6. The molecule has 0 saturated carbocycles. The summed E-state index contributed by atoms with van der Waals surface area (Å²) < 4.78 is 10.8. The third-order valence-corrected chi connectivity index (χ3v) is 4.80. The van der Waals surface area contributed by atoms with Crippen molar-refractivity contribution in [3.05, 3.63) is 53.5 Å². The number of amides is 1. The molecule has 1 fully saturated rings. The molecule has 1 aliphatic rings. The molecular weight excluding hydrogens is 356 g/mol. The van der Waals surface area contributed by atoms with Gasteiger partial charge in [-0.2, -0.15) is 0 Å². The Balaban J connectivity index is 1.52. The average molecular weight is 384 g/mol. The maximum atomic E-state index is 12.4. The van der Waals surface area contributed by atoms with E-state index in [0.717, 1.165) is 30.4 Å². The van der Waals surface area contributed by atoms with E-state index < -0.39 is 0 Å². The van der Waals surface area contributed by atoms with Crippen molar-refractivity contribution < 1.29 is 13.9 Å². The molecular formula is C21H28N4O3. The van der Waals surface area contributed by atoms with Gasteiger partial charge in [0.05, 0.1) is 12.9 Å². The van der Waals surface area contributed by atoms with Crippen molar-refractivity contribution >= 4 is 11.9 Å². The van der Waals surface area contributed by atoms with E-state index in [-0.39, 0.29) is 5.91 Å². The molecule has 1 aliphatic heterocycles. The quantitative estimate of drug-likeness (QED) is 0.634. The first-order valence-corrected chi connectivity index (χ1v) is 9.63. The lowest BCUT2D eigenvalue weighted by molar-refractivity contribution is 0.0657. The van der Waals surface area contributed by atoms with Crippen LogP contribution in [0.1, 0.15) is 28.6 Å². The summed E-state index contributed by atoms with van der Waals surface area (Å²) in [5.74, 6) is 2.10. The number of aliphatic imine (C=N–C) groups is 1. The zero-order chi connectivity index (χ0) is 19.9. The number of hydrogen-bond acceptors (Lipinski definition) is 4. The fourth-order valence-corrected chi connectivity index (χ4v) is 3.33. The molecule has 0 radical (unpaired) electrons. The van der Waals surface area contributed by atoms with Gasteiger partial charge in [-0.3, -0.25) is 9.79 Å². The lowest BCUT2D eigenvalue weighted by Gasteiger charge is -2.36. The van der Waals surface area contributed by atoms with E-state index in [1.54, 1.807) is 19.2 Å². The Hall–Kier alpha value is -2.96. The van der Waals surface area contributed by atoms with Crippen LogP contribution in [0.3, 0.4) is 0 Å². The van der Waals surface area contributed by atoms with Gasteiger partial charge in [-0.25, -0.2) is 0 Å².